The molecule has 0 aliphatic rings. The lowest BCUT2D eigenvalue weighted by atomic mass is 10.0. The first-order valence-corrected chi connectivity index (χ1v) is 5.26. The highest BCUT2D eigenvalue weighted by Gasteiger charge is 2.26. The SMILES string of the molecule is O=C(O)N[C@H](C(=O)C(Cl)Cl)c1ccccc1. The zero-order valence-electron chi connectivity index (χ0n) is 8.06. The lowest BCUT2D eigenvalue weighted by Crippen LogP contribution is -2.35. The molecule has 4 nitrogen and oxygen atoms in total. The van der Waals surface area contributed by atoms with Gasteiger partial charge < -0.3 is 10.4 Å². The number of amides is 1. The highest BCUT2D eigenvalue weighted by Crippen LogP contribution is 2.19. The third-order valence-electron chi connectivity index (χ3n) is 1.90. The molecule has 0 heterocycles. The Balaban J connectivity index is 2.96. The molecule has 0 fully saturated rings. The molecule has 0 unspecified atom stereocenters. The lowest BCUT2D eigenvalue weighted by Gasteiger charge is -2.16. The molecular formula is C10H9Cl2NO3. The molecule has 0 spiro atoms. The first-order valence-electron chi connectivity index (χ1n) is 4.38. The third kappa shape index (κ3) is 3.40. The van der Waals surface area contributed by atoms with Crippen molar-refractivity contribution in [1.29, 1.82) is 0 Å². The van der Waals surface area contributed by atoms with Gasteiger partial charge in [-0.25, -0.2) is 4.79 Å². The number of halogens is 2. The van der Waals surface area contributed by atoms with Crippen LogP contribution in [0.1, 0.15) is 11.6 Å². The van der Waals surface area contributed by atoms with E-state index in [-0.39, 0.29) is 0 Å². The van der Waals surface area contributed by atoms with Gasteiger partial charge in [0.05, 0.1) is 0 Å². The minimum absolute atomic E-state index is 0.501. The molecule has 86 valence electrons. The van der Waals surface area contributed by atoms with Gasteiger partial charge in [-0.05, 0) is 5.56 Å². The van der Waals surface area contributed by atoms with Gasteiger partial charge in [-0.2, -0.15) is 0 Å². The molecule has 2 N–H and O–H groups in total. The van der Waals surface area contributed by atoms with Gasteiger partial charge >= 0.3 is 6.09 Å². The monoisotopic (exact) mass is 261 g/mol. The Hall–Kier alpha value is -1.26. The van der Waals surface area contributed by atoms with Crippen molar-refractivity contribution in [3.8, 4) is 0 Å². The van der Waals surface area contributed by atoms with Gasteiger partial charge in [0.15, 0.2) is 10.6 Å². The molecule has 6 heteroatoms. The minimum Gasteiger partial charge on any atom is -0.465 e. The average Bonchev–Trinajstić information content (AvgIpc) is 2.26. The molecule has 0 bridgehead atoms. The topological polar surface area (TPSA) is 66.4 Å². The van der Waals surface area contributed by atoms with Crippen molar-refractivity contribution >= 4 is 35.1 Å². The fourth-order valence-corrected chi connectivity index (χ4v) is 1.47. The highest BCUT2D eigenvalue weighted by atomic mass is 35.5. The van der Waals surface area contributed by atoms with Crippen LogP contribution in [0.2, 0.25) is 0 Å². The molecule has 0 aromatic heterocycles. The van der Waals surface area contributed by atoms with Crippen molar-refractivity contribution in [2.45, 2.75) is 10.9 Å². The smallest absolute Gasteiger partial charge is 0.405 e. The number of rotatable bonds is 4. The van der Waals surface area contributed by atoms with Gasteiger partial charge in [-0.3, -0.25) is 4.79 Å². The predicted molar refractivity (Wildman–Crippen MR) is 60.8 cm³/mol. The van der Waals surface area contributed by atoms with Crippen LogP contribution in [0.3, 0.4) is 0 Å². The standard InChI is InChI=1S/C10H9Cl2NO3/c11-9(12)8(14)7(13-10(15)16)6-4-2-1-3-5-6/h1-5,7,9,13H,(H,15,16)/t7-/m0/s1. The summed E-state index contributed by atoms with van der Waals surface area (Å²) in [7, 11) is 0. The number of hydrogen-bond acceptors (Lipinski definition) is 2. The van der Waals surface area contributed by atoms with Crippen molar-refractivity contribution in [1.82, 2.24) is 5.32 Å². The van der Waals surface area contributed by atoms with E-state index < -0.39 is 22.8 Å². The minimum atomic E-state index is -1.31. The van der Waals surface area contributed by atoms with Crippen LogP contribution in [-0.2, 0) is 4.79 Å². The maximum Gasteiger partial charge on any atom is 0.405 e. The van der Waals surface area contributed by atoms with Gasteiger partial charge in [-0.15, -0.1) is 0 Å². The van der Waals surface area contributed by atoms with E-state index in [1.54, 1.807) is 30.3 Å². The van der Waals surface area contributed by atoms with E-state index in [1.165, 1.54) is 0 Å². The third-order valence-corrected chi connectivity index (χ3v) is 2.33. The molecule has 0 saturated carbocycles. The Morgan fingerprint density at radius 1 is 1.19 bits per heavy atom. The van der Waals surface area contributed by atoms with E-state index in [0.717, 1.165) is 0 Å². The maximum absolute atomic E-state index is 11.6. The second kappa shape index (κ2) is 5.72. The van der Waals surface area contributed by atoms with E-state index in [2.05, 4.69) is 5.32 Å². The van der Waals surface area contributed by atoms with Crippen LogP contribution < -0.4 is 5.32 Å². The summed E-state index contributed by atoms with van der Waals surface area (Å²) in [6, 6.07) is 7.33. The average molecular weight is 262 g/mol. The molecule has 16 heavy (non-hydrogen) atoms. The number of nitrogens with one attached hydrogen (secondary N) is 1. The molecule has 1 aromatic rings. The molecule has 1 rings (SSSR count). The normalized spacial score (nSPS) is 12.2. The van der Waals surface area contributed by atoms with E-state index in [9.17, 15) is 9.59 Å². The number of ketones is 1. The van der Waals surface area contributed by atoms with Crippen molar-refractivity contribution in [3.63, 3.8) is 0 Å². The van der Waals surface area contributed by atoms with Gasteiger partial charge in [-0.1, -0.05) is 53.5 Å². The largest absolute Gasteiger partial charge is 0.465 e. The number of hydrogen-bond donors (Lipinski definition) is 2. The summed E-state index contributed by atoms with van der Waals surface area (Å²) < 4.78 is 0. The number of benzene rings is 1. The molecule has 1 atom stereocenters. The van der Waals surface area contributed by atoms with Gasteiger partial charge in [0.25, 0.3) is 0 Å². The van der Waals surface area contributed by atoms with Crippen LogP contribution in [0, 0.1) is 0 Å². The molecular weight excluding hydrogens is 253 g/mol. The van der Waals surface area contributed by atoms with Crippen LogP contribution in [0.5, 0.6) is 0 Å². The first kappa shape index (κ1) is 12.8. The number of carbonyl (C=O) groups is 2. The highest BCUT2D eigenvalue weighted by molar-refractivity contribution is 6.54. The predicted octanol–water partition coefficient (Wildman–Crippen LogP) is 2.37. The van der Waals surface area contributed by atoms with Gasteiger partial charge in [0.2, 0.25) is 0 Å². The Labute approximate surface area is 102 Å². The molecule has 0 aliphatic heterocycles. The molecule has 1 aromatic carbocycles. The summed E-state index contributed by atoms with van der Waals surface area (Å²) in [5.74, 6) is -0.600. The first-order chi connectivity index (χ1) is 7.52. The zero-order valence-corrected chi connectivity index (χ0v) is 9.57. The molecule has 0 saturated heterocycles. The van der Waals surface area contributed by atoms with Crippen LogP contribution >= 0.6 is 23.2 Å². The fourth-order valence-electron chi connectivity index (χ4n) is 1.21. The Kier molecular flexibility index (Phi) is 4.58. The van der Waals surface area contributed by atoms with Gasteiger partial charge in [0.1, 0.15) is 6.04 Å². The second-order valence-electron chi connectivity index (χ2n) is 3.00. The lowest BCUT2D eigenvalue weighted by molar-refractivity contribution is -0.119. The van der Waals surface area contributed by atoms with Gasteiger partial charge in [0, 0.05) is 0 Å². The summed E-state index contributed by atoms with van der Waals surface area (Å²) in [5, 5.41) is 10.7. The van der Waals surface area contributed by atoms with E-state index >= 15 is 0 Å². The molecule has 0 radical (unpaired) electrons. The number of alkyl halides is 2. The van der Waals surface area contributed by atoms with E-state index in [1.807, 2.05) is 0 Å². The molecule has 1 amide bonds. The Bertz CT molecular complexity index is 381. The van der Waals surface area contributed by atoms with Crippen LogP contribution in [0.4, 0.5) is 4.79 Å². The second-order valence-corrected chi connectivity index (χ2v) is 4.09. The number of Topliss-reactive ketones (excluding diaryl/α,β-unsaturated/α-hetero) is 1. The molecule has 0 aliphatic carbocycles. The van der Waals surface area contributed by atoms with Crippen LogP contribution in [0.15, 0.2) is 30.3 Å². The maximum atomic E-state index is 11.6. The summed E-state index contributed by atoms with van der Waals surface area (Å²) in [5.41, 5.74) is 0.501. The fraction of sp³-hybridized carbons (Fsp3) is 0.200. The van der Waals surface area contributed by atoms with E-state index in [0.29, 0.717) is 5.56 Å². The summed E-state index contributed by atoms with van der Waals surface area (Å²) in [6.45, 7) is 0. The summed E-state index contributed by atoms with van der Waals surface area (Å²) in [4.78, 5) is 20.9. The quantitative estimate of drug-likeness (QED) is 0.818. The number of carboxylic acid groups (broad SMARTS) is 1. The van der Waals surface area contributed by atoms with Crippen molar-refractivity contribution < 1.29 is 14.7 Å². The zero-order chi connectivity index (χ0) is 12.1. The van der Waals surface area contributed by atoms with Crippen molar-refractivity contribution in [2.75, 3.05) is 0 Å². The number of carbonyl (C=O) groups excluding carboxylic acids is 1. The van der Waals surface area contributed by atoms with Crippen LogP contribution in [0.25, 0.3) is 0 Å². The van der Waals surface area contributed by atoms with Crippen LogP contribution in [-0.4, -0.2) is 21.8 Å². The van der Waals surface area contributed by atoms with Crippen molar-refractivity contribution in [3.05, 3.63) is 35.9 Å². The van der Waals surface area contributed by atoms with E-state index in [4.69, 9.17) is 28.3 Å². The summed E-state index contributed by atoms with van der Waals surface area (Å²) in [6.07, 6.45) is -1.31. The van der Waals surface area contributed by atoms with Crippen molar-refractivity contribution in [2.24, 2.45) is 0 Å². The Morgan fingerprint density at radius 2 is 1.75 bits per heavy atom. The Morgan fingerprint density at radius 3 is 2.19 bits per heavy atom. The summed E-state index contributed by atoms with van der Waals surface area (Å²) >= 11 is 10.9.